The molecule has 0 saturated carbocycles. The zero-order valence-electron chi connectivity index (χ0n) is 10.6. The Morgan fingerprint density at radius 3 is 2.41 bits per heavy atom. The van der Waals surface area contributed by atoms with E-state index in [0.717, 1.165) is 19.3 Å². The van der Waals surface area contributed by atoms with Crippen molar-refractivity contribution in [3.05, 3.63) is 0 Å². The molecule has 0 amide bonds. The van der Waals surface area contributed by atoms with E-state index in [9.17, 15) is 13.6 Å². The molecule has 2 unspecified atom stereocenters. The molecule has 0 aliphatic rings. The van der Waals surface area contributed by atoms with E-state index in [2.05, 4.69) is 11.7 Å². The van der Waals surface area contributed by atoms with Crippen LogP contribution in [0.1, 0.15) is 46.5 Å². The average molecular weight is 362 g/mol. The molecule has 0 bridgehead atoms. The van der Waals surface area contributed by atoms with Gasteiger partial charge in [-0.1, -0.05) is 55.7 Å². The van der Waals surface area contributed by atoms with Crippen molar-refractivity contribution in [1.29, 1.82) is 0 Å². The van der Waals surface area contributed by atoms with Crippen LogP contribution in [0.3, 0.4) is 0 Å². The zero-order chi connectivity index (χ0) is 13.5. The lowest BCUT2D eigenvalue weighted by molar-refractivity contribution is -0.178. The Labute approximate surface area is 116 Å². The van der Waals surface area contributed by atoms with Crippen LogP contribution in [0.2, 0.25) is 0 Å². The van der Waals surface area contributed by atoms with Crippen molar-refractivity contribution in [2.24, 2.45) is 5.92 Å². The monoisotopic (exact) mass is 362 g/mol. The second kappa shape index (κ2) is 8.21. The van der Waals surface area contributed by atoms with Gasteiger partial charge in [-0.15, -0.1) is 0 Å². The van der Waals surface area contributed by atoms with Crippen molar-refractivity contribution in [2.75, 3.05) is 6.61 Å². The molecule has 0 aromatic rings. The van der Waals surface area contributed by atoms with Gasteiger partial charge in [-0.05, 0) is 13.3 Å². The molecule has 5 heteroatoms. The molecule has 17 heavy (non-hydrogen) atoms. The number of alkyl halides is 3. The van der Waals surface area contributed by atoms with Gasteiger partial charge in [0.15, 0.2) is 0 Å². The van der Waals surface area contributed by atoms with Crippen LogP contribution in [0, 0.1) is 5.92 Å². The van der Waals surface area contributed by atoms with Crippen molar-refractivity contribution in [3.8, 4) is 0 Å². The SMILES string of the molecule is CCCCCC(I)C(C)C(F)(F)C(=O)OCC. The maximum absolute atomic E-state index is 13.7. The molecule has 0 aromatic heterocycles. The van der Waals surface area contributed by atoms with Crippen LogP contribution in [0.4, 0.5) is 8.78 Å². The molecule has 0 aliphatic heterocycles. The maximum Gasteiger partial charge on any atom is 0.377 e. The van der Waals surface area contributed by atoms with Gasteiger partial charge in [0.1, 0.15) is 0 Å². The summed E-state index contributed by atoms with van der Waals surface area (Å²) in [5.74, 6) is -5.77. The van der Waals surface area contributed by atoms with Gasteiger partial charge in [-0.25, -0.2) is 4.79 Å². The Balaban J connectivity index is 4.34. The molecule has 0 saturated heterocycles. The third kappa shape index (κ3) is 5.48. The minimum absolute atomic E-state index is 0.0110. The first-order valence-electron chi connectivity index (χ1n) is 6.06. The third-order valence-electron chi connectivity index (χ3n) is 2.75. The standard InChI is InChI=1S/C12H21F2IO2/c1-4-6-7-8-10(15)9(3)12(13,14)11(16)17-5-2/h9-10H,4-8H2,1-3H3. The Bertz CT molecular complexity index is 235. The number of carbonyl (C=O) groups is 1. The number of unbranched alkanes of at least 4 members (excludes halogenated alkanes) is 2. The number of rotatable bonds is 8. The average Bonchev–Trinajstić information content (AvgIpc) is 2.28. The van der Waals surface area contributed by atoms with Crippen molar-refractivity contribution >= 4 is 28.6 Å². The van der Waals surface area contributed by atoms with Crippen LogP contribution in [0.15, 0.2) is 0 Å². The van der Waals surface area contributed by atoms with E-state index in [0.29, 0.717) is 6.42 Å². The molecule has 0 fully saturated rings. The van der Waals surface area contributed by atoms with Gasteiger partial charge in [0.25, 0.3) is 0 Å². The predicted molar refractivity (Wildman–Crippen MR) is 72.7 cm³/mol. The first-order valence-corrected chi connectivity index (χ1v) is 7.31. The highest BCUT2D eigenvalue weighted by Gasteiger charge is 2.48. The van der Waals surface area contributed by atoms with Crippen molar-refractivity contribution in [1.82, 2.24) is 0 Å². The second-order valence-electron chi connectivity index (χ2n) is 4.14. The lowest BCUT2D eigenvalue weighted by atomic mass is 9.96. The van der Waals surface area contributed by atoms with Gasteiger partial charge in [-0.3, -0.25) is 0 Å². The number of carbonyl (C=O) groups excluding carboxylic acids is 1. The largest absolute Gasteiger partial charge is 0.462 e. The van der Waals surface area contributed by atoms with Crippen LogP contribution in [0.25, 0.3) is 0 Å². The lowest BCUT2D eigenvalue weighted by Crippen LogP contribution is -2.41. The van der Waals surface area contributed by atoms with Crippen LogP contribution < -0.4 is 0 Å². The summed E-state index contributed by atoms with van der Waals surface area (Å²) < 4.78 is 31.6. The smallest absolute Gasteiger partial charge is 0.377 e. The number of hydrogen-bond donors (Lipinski definition) is 0. The molecule has 0 rings (SSSR count). The fraction of sp³-hybridized carbons (Fsp3) is 0.917. The van der Waals surface area contributed by atoms with Crippen LogP contribution in [-0.4, -0.2) is 22.4 Å². The first kappa shape index (κ1) is 17.1. The molecule has 0 N–H and O–H groups in total. The summed E-state index contributed by atoms with van der Waals surface area (Å²) in [4.78, 5) is 11.2. The van der Waals surface area contributed by atoms with Gasteiger partial charge in [0.2, 0.25) is 0 Å². The summed E-state index contributed by atoms with van der Waals surface area (Å²) in [6.07, 6.45) is 3.74. The van der Waals surface area contributed by atoms with Gasteiger partial charge in [0.05, 0.1) is 6.61 Å². The first-order chi connectivity index (χ1) is 7.87. The highest BCUT2D eigenvalue weighted by Crippen LogP contribution is 2.34. The highest BCUT2D eigenvalue weighted by molar-refractivity contribution is 14.1. The molecule has 102 valence electrons. The van der Waals surface area contributed by atoms with E-state index in [-0.39, 0.29) is 10.5 Å². The normalized spacial score (nSPS) is 15.4. The quantitative estimate of drug-likeness (QED) is 0.280. The molecule has 0 spiro atoms. The van der Waals surface area contributed by atoms with Crippen LogP contribution in [-0.2, 0) is 9.53 Å². The molecule has 2 nitrogen and oxygen atoms in total. The predicted octanol–water partition coefficient (Wildman–Crippen LogP) is 4.20. The summed E-state index contributed by atoms with van der Waals surface area (Å²) in [7, 11) is 0. The number of halogens is 3. The van der Waals surface area contributed by atoms with Crippen molar-refractivity contribution in [3.63, 3.8) is 0 Å². The zero-order valence-corrected chi connectivity index (χ0v) is 12.8. The number of esters is 1. The molecule has 0 heterocycles. The summed E-state index contributed by atoms with van der Waals surface area (Å²) in [5.41, 5.74) is 0. The molecule has 2 atom stereocenters. The van der Waals surface area contributed by atoms with E-state index in [1.54, 1.807) is 0 Å². The lowest BCUT2D eigenvalue weighted by Gasteiger charge is -2.25. The van der Waals surface area contributed by atoms with E-state index in [4.69, 9.17) is 0 Å². The second-order valence-corrected chi connectivity index (χ2v) is 5.74. The Hall–Kier alpha value is 0.0600. The summed E-state index contributed by atoms with van der Waals surface area (Å²) in [6.45, 7) is 5.00. The van der Waals surface area contributed by atoms with Crippen LogP contribution in [0.5, 0.6) is 0 Å². The fourth-order valence-electron chi connectivity index (χ4n) is 1.48. The van der Waals surface area contributed by atoms with Crippen molar-refractivity contribution in [2.45, 2.75) is 56.3 Å². The van der Waals surface area contributed by atoms with Gasteiger partial charge in [0, 0.05) is 9.84 Å². The van der Waals surface area contributed by atoms with Gasteiger partial charge < -0.3 is 4.74 Å². The van der Waals surface area contributed by atoms with Crippen LogP contribution >= 0.6 is 22.6 Å². The summed E-state index contributed by atoms with van der Waals surface area (Å²) in [6, 6.07) is 0. The number of hydrogen-bond acceptors (Lipinski definition) is 2. The van der Waals surface area contributed by atoms with Gasteiger partial charge >= 0.3 is 11.9 Å². The minimum Gasteiger partial charge on any atom is -0.462 e. The van der Waals surface area contributed by atoms with E-state index < -0.39 is 17.8 Å². The van der Waals surface area contributed by atoms with E-state index >= 15 is 0 Å². The van der Waals surface area contributed by atoms with E-state index in [1.165, 1.54) is 13.8 Å². The topological polar surface area (TPSA) is 26.3 Å². The molecular formula is C12H21F2IO2. The molecule has 0 radical (unpaired) electrons. The number of ether oxygens (including phenoxy) is 1. The summed E-state index contributed by atoms with van der Waals surface area (Å²) in [5, 5.41) is 0. The molecule has 0 aromatic carbocycles. The molecule has 0 aliphatic carbocycles. The Kier molecular flexibility index (Phi) is 8.24. The third-order valence-corrected chi connectivity index (χ3v) is 4.45. The fourth-order valence-corrected chi connectivity index (χ4v) is 2.37. The minimum atomic E-state index is -3.38. The Morgan fingerprint density at radius 2 is 1.94 bits per heavy atom. The molecular weight excluding hydrogens is 341 g/mol. The Morgan fingerprint density at radius 1 is 1.35 bits per heavy atom. The van der Waals surface area contributed by atoms with Crippen molar-refractivity contribution < 1.29 is 18.3 Å². The summed E-state index contributed by atoms with van der Waals surface area (Å²) >= 11 is 2.01. The highest BCUT2D eigenvalue weighted by atomic mass is 127. The van der Waals surface area contributed by atoms with Gasteiger partial charge in [-0.2, -0.15) is 8.78 Å². The maximum atomic E-state index is 13.7. The van der Waals surface area contributed by atoms with E-state index in [1.807, 2.05) is 22.6 Å².